The third-order valence-corrected chi connectivity index (χ3v) is 2.90. The first kappa shape index (κ1) is 12.4. The maximum absolute atomic E-state index is 11.5. The average molecular weight is 252 g/mol. The van der Waals surface area contributed by atoms with E-state index in [4.69, 9.17) is 11.6 Å². The number of rotatable bonds is 5. The zero-order chi connectivity index (χ0) is 11.3. The lowest BCUT2D eigenvalue weighted by Crippen LogP contribution is -2.24. The van der Waals surface area contributed by atoms with Gasteiger partial charge in [-0.3, -0.25) is 4.84 Å². The van der Waals surface area contributed by atoms with Gasteiger partial charge < -0.3 is 4.74 Å². The highest BCUT2D eigenvalue weighted by atomic mass is 35.5. The van der Waals surface area contributed by atoms with E-state index in [9.17, 15) is 8.42 Å². The minimum Gasteiger partial charge on any atom is -0.357 e. The van der Waals surface area contributed by atoms with E-state index in [-0.39, 0.29) is 11.7 Å². The highest BCUT2D eigenvalue weighted by molar-refractivity contribution is 7.89. The molecule has 1 aromatic rings. The quantitative estimate of drug-likeness (QED) is 0.484. The summed E-state index contributed by atoms with van der Waals surface area (Å²) in [4.78, 5) is 6.46. The predicted molar refractivity (Wildman–Crippen MR) is 54.7 cm³/mol. The molecule has 84 valence electrons. The highest BCUT2D eigenvalue weighted by Gasteiger charge is 2.13. The molecule has 0 fully saturated rings. The van der Waals surface area contributed by atoms with Crippen molar-refractivity contribution >= 4 is 21.6 Å². The van der Waals surface area contributed by atoms with Gasteiger partial charge in [0, 0.05) is 12.1 Å². The van der Waals surface area contributed by atoms with E-state index < -0.39 is 10.0 Å². The van der Waals surface area contributed by atoms with Gasteiger partial charge in [0.05, 0.1) is 4.90 Å². The molecule has 0 unspecified atom stereocenters. The molecule has 0 atom stereocenters. The Morgan fingerprint density at radius 1 is 1.47 bits per heavy atom. The first-order valence-electron chi connectivity index (χ1n) is 3.94. The lowest BCUT2D eigenvalue weighted by molar-refractivity contribution is -0.0540. The van der Waals surface area contributed by atoms with E-state index in [2.05, 4.69) is 9.57 Å². The SMILES string of the molecule is COCONS(=O)(=O)c1cccc(Cl)c1. The molecule has 1 aromatic carbocycles. The van der Waals surface area contributed by atoms with E-state index in [0.29, 0.717) is 5.02 Å². The maximum atomic E-state index is 11.5. The zero-order valence-electron chi connectivity index (χ0n) is 7.94. The van der Waals surface area contributed by atoms with Crippen molar-refractivity contribution in [3.05, 3.63) is 29.3 Å². The zero-order valence-corrected chi connectivity index (χ0v) is 9.51. The Bertz CT molecular complexity index is 420. The van der Waals surface area contributed by atoms with Gasteiger partial charge >= 0.3 is 0 Å². The number of hydrogen-bond donors (Lipinski definition) is 1. The summed E-state index contributed by atoms with van der Waals surface area (Å²) >= 11 is 5.65. The smallest absolute Gasteiger partial charge is 0.262 e. The van der Waals surface area contributed by atoms with Crippen LogP contribution in [0.1, 0.15) is 0 Å². The van der Waals surface area contributed by atoms with E-state index >= 15 is 0 Å². The third kappa shape index (κ3) is 3.77. The van der Waals surface area contributed by atoms with Crippen molar-refractivity contribution in [1.29, 1.82) is 0 Å². The van der Waals surface area contributed by atoms with Crippen LogP contribution in [-0.2, 0) is 19.6 Å². The summed E-state index contributed by atoms with van der Waals surface area (Å²) in [6.45, 7) is -0.167. The molecule has 0 aliphatic carbocycles. The van der Waals surface area contributed by atoms with Crippen molar-refractivity contribution in [2.75, 3.05) is 13.9 Å². The summed E-state index contributed by atoms with van der Waals surface area (Å²) in [5, 5.41) is 0.338. The number of hydrogen-bond acceptors (Lipinski definition) is 4. The Balaban J connectivity index is 2.77. The summed E-state index contributed by atoms with van der Waals surface area (Å²) in [7, 11) is -2.31. The molecular formula is C8H10ClNO4S. The lowest BCUT2D eigenvalue weighted by atomic mass is 10.4. The number of halogens is 1. The Kier molecular flexibility index (Phi) is 4.49. The van der Waals surface area contributed by atoms with Crippen LogP contribution in [0.2, 0.25) is 5.02 Å². The van der Waals surface area contributed by atoms with Crippen LogP contribution in [0.15, 0.2) is 29.2 Å². The Morgan fingerprint density at radius 3 is 2.80 bits per heavy atom. The summed E-state index contributed by atoms with van der Waals surface area (Å²) < 4.78 is 27.5. The van der Waals surface area contributed by atoms with Crippen LogP contribution in [0.5, 0.6) is 0 Å². The Labute approximate surface area is 93.0 Å². The van der Waals surface area contributed by atoms with Crippen LogP contribution in [0.4, 0.5) is 0 Å². The molecule has 0 radical (unpaired) electrons. The van der Waals surface area contributed by atoms with E-state index in [1.54, 1.807) is 6.07 Å². The fourth-order valence-electron chi connectivity index (χ4n) is 0.843. The van der Waals surface area contributed by atoms with Gasteiger partial charge in [0.25, 0.3) is 10.0 Å². The highest BCUT2D eigenvalue weighted by Crippen LogP contribution is 2.14. The van der Waals surface area contributed by atoms with Crippen LogP contribution in [0.3, 0.4) is 0 Å². The standard InChI is InChI=1S/C8H10ClNO4S/c1-13-6-14-10-15(11,12)8-4-2-3-7(9)5-8/h2-5,10H,6H2,1H3. The van der Waals surface area contributed by atoms with Crippen molar-refractivity contribution in [3.8, 4) is 0 Å². The Hall–Kier alpha value is -0.660. The van der Waals surface area contributed by atoms with Gasteiger partial charge in [0.15, 0.2) is 6.79 Å². The second-order valence-corrected chi connectivity index (χ2v) is 4.68. The number of ether oxygens (including phenoxy) is 1. The molecule has 0 amide bonds. The van der Waals surface area contributed by atoms with Crippen molar-refractivity contribution in [3.63, 3.8) is 0 Å². The van der Waals surface area contributed by atoms with Gasteiger partial charge in [-0.05, 0) is 18.2 Å². The van der Waals surface area contributed by atoms with Crippen molar-refractivity contribution < 1.29 is 18.0 Å². The van der Waals surface area contributed by atoms with Gasteiger partial charge in [-0.25, -0.2) is 8.42 Å². The minimum absolute atomic E-state index is 0.0334. The first-order valence-corrected chi connectivity index (χ1v) is 5.80. The molecule has 1 N–H and O–H groups in total. The molecule has 0 saturated carbocycles. The molecule has 0 spiro atoms. The van der Waals surface area contributed by atoms with Crippen LogP contribution in [0, 0.1) is 0 Å². The molecule has 0 aliphatic rings. The fourth-order valence-corrected chi connectivity index (χ4v) is 1.94. The molecule has 0 heterocycles. The van der Waals surface area contributed by atoms with Crippen LogP contribution >= 0.6 is 11.6 Å². The summed E-state index contributed by atoms with van der Waals surface area (Å²) in [6.07, 6.45) is 0. The largest absolute Gasteiger partial charge is 0.357 e. The van der Waals surface area contributed by atoms with Crippen molar-refractivity contribution in [2.45, 2.75) is 4.90 Å². The molecule has 1 rings (SSSR count). The van der Waals surface area contributed by atoms with Gasteiger partial charge in [-0.1, -0.05) is 22.6 Å². The average Bonchev–Trinajstić information content (AvgIpc) is 2.18. The minimum atomic E-state index is -3.69. The molecule has 0 aromatic heterocycles. The molecule has 0 bridgehead atoms. The van der Waals surface area contributed by atoms with Gasteiger partial charge in [-0.2, -0.15) is 0 Å². The van der Waals surface area contributed by atoms with E-state index in [1.807, 2.05) is 4.89 Å². The second-order valence-electron chi connectivity index (χ2n) is 2.60. The maximum Gasteiger partial charge on any atom is 0.262 e. The molecule has 0 aliphatic heterocycles. The summed E-state index contributed by atoms with van der Waals surface area (Å²) in [6, 6.07) is 5.84. The first-order chi connectivity index (χ1) is 7.06. The monoisotopic (exact) mass is 251 g/mol. The Morgan fingerprint density at radius 2 is 2.20 bits per heavy atom. The molecule has 7 heteroatoms. The van der Waals surface area contributed by atoms with E-state index in [1.165, 1.54) is 25.3 Å². The number of sulfonamides is 1. The van der Waals surface area contributed by atoms with Crippen LogP contribution < -0.4 is 4.89 Å². The number of nitrogens with one attached hydrogen (secondary N) is 1. The molecule has 15 heavy (non-hydrogen) atoms. The predicted octanol–water partition coefficient (Wildman–Crippen LogP) is 1.15. The molecule has 5 nitrogen and oxygen atoms in total. The van der Waals surface area contributed by atoms with E-state index in [0.717, 1.165) is 0 Å². The molecule has 0 saturated heterocycles. The van der Waals surface area contributed by atoms with Crippen molar-refractivity contribution in [2.24, 2.45) is 0 Å². The van der Waals surface area contributed by atoms with Crippen LogP contribution in [0.25, 0.3) is 0 Å². The topological polar surface area (TPSA) is 64.6 Å². The lowest BCUT2D eigenvalue weighted by Gasteiger charge is -2.06. The fraction of sp³-hybridized carbons (Fsp3) is 0.250. The van der Waals surface area contributed by atoms with Gasteiger partial charge in [-0.15, -0.1) is 0 Å². The molecular weight excluding hydrogens is 242 g/mol. The second kappa shape index (κ2) is 5.43. The third-order valence-electron chi connectivity index (χ3n) is 1.45. The summed E-state index contributed by atoms with van der Waals surface area (Å²) in [5.41, 5.74) is 0. The van der Waals surface area contributed by atoms with Gasteiger partial charge in [0.2, 0.25) is 0 Å². The van der Waals surface area contributed by atoms with Gasteiger partial charge in [0.1, 0.15) is 0 Å². The number of methoxy groups -OCH3 is 1. The normalized spacial score (nSPS) is 11.6. The van der Waals surface area contributed by atoms with Crippen molar-refractivity contribution in [1.82, 2.24) is 4.89 Å². The number of benzene rings is 1. The van der Waals surface area contributed by atoms with Crippen LogP contribution in [-0.4, -0.2) is 22.3 Å². The summed E-state index contributed by atoms with van der Waals surface area (Å²) in [5.74, 6) is 0.